The number of tetrazole rings is 1. The molecule has 0 unspecified atom stereocenters. The van der Waals surface area contributed by atoms with Crippen LogP contribution in [-0.4, -0.2) is 32.7 Å². The molecule has 0 aliphatic heterocycles. The van der Waals surface area contributed by atoms with Gasteiger partial charge in [-0.3, -0.25) is 4.79 Å². The Morgan fingerprint density at radius 1 is 1.21 bits per heavy atom. The molecule has 7 heteroatoms. The Labute approximate surface area is 138 Å². The van der Waals surface area contributed by atoms with Crippen LogP contribution in [0.15, 0.2) is 48.5 Å². The van der Waals surface area contributed by atoms with Gasteiger partial charge in [0.1, 0.15) is 5.82 Å². The second-order valence-electron chi connectivity index (χ2n) is 5.30. The summed E-state index contributed by atoms with van der Waals surface area (Å²) in [4.78, 5) is 12.3. The van der Waals surface area contributed by atoms with Gasteiger partial charge in [0, 0.05) is 24.7 Å². The maximum Gasteiger partial charge on any atom is 0.251 e. The van der Waals surface area contributed by atoms with E-state index in [2.05, 4.69) is 20.8 Å². The standard InChI is InChI=1S/C17H16FN5O/c1-23-16(20-21-22-23)13-6-4-7-14(11-13)17(24)19-10-9-12-5-2-3-8-15(12)18/h2-8,11H,9-10H2,1H3,(H,19,24). The van der Waals surface area contributed by atoms with E-state index in [0.717, 1.165) is 5.56 Å². The maximum atomic E-state index is 13.6. The zero-order valence-corrected chi connectivity index (χ0v) is 13.1. The monoisotopic (exact) mass is 325 g/mol. The molecule has 0 spiro atoms. The topological polar surface area (TPSA) is 72.7 Å². The van der Waals surface area contributed by atoms with Gasteiger partial charge in [0.25, 0.3) is 5.91 Å². The molecule has 0 fully saturated rings. The average Bonchev–Trinajstić information content (AvgIpc) is 3.03. The van der Waals surface area contributed by atoms with Gasteiger partial charge in [0.2, 0.25) is 0 Å². The maximum absolute atomic E-state index is 13.6. The molecule has 24 heavy (non-hydrogen) atoms. The fraction of sp³-hybridized carbons (Fsp3) is 0.176. The Morgan fingerprint density at radius 3 is 2.79 bits per heavy atom. The van der Waals surface area contributed by atoms with Gasteiger partial charge in [0.05, 0.1) is 0 Å². The number of carbonyl (C=O) groups excluding carboxylic acids is 1. The molecule has 0 bridgehead atoms. The summed E-state index contributed by atoms with van der Waals surface area (Å²) in [5.74, 6) is 0.0999. The van der Waals surface area contributed by atoms with Gasteiger partial charge < -0.3 is 5.32 Å². The fourth-order valence-corrected chi connectivity index (χ4v) is 2.39. The lowest BCUT2D eigenvalue weighted by atomic mass is 10.1. The van der Waals surface area contributed by atoms with Crippen LogP contribution in [0.2, 0.25) is 0 Å². The summed E-state index contributed by atoms with van der Waals surface area (Å²) >= 11 is 0. The molecule has 0 atom stereocenters. The van der Waals surface area contributed by atoms with Crippen molar-refractivity contribution in [1.29, 1.82) is 0 Å². The number of benzene rings is 2. The second kappa shape index (κ2) is 6.99. The van der Waals surface area contributed by atoms with Crippen molar-refractivity contribution in [3.8, 4) is 11.4 Å². The first-order valence-corrected chi connectivity index (χ1v) is 7.49. The van der Waals surface area contributed by atoms with Gasteiger partial charge >= 0.3 is 0 Å². The average molecular weight is 325 g/mol. The van der Waals surface area contributed by atoms with Gasteiger partial charge in [-0.2, -0.15) is 0 Å². The SMILES string of the molecule is Cn1nnnc1-c1cccc(C(=O)NCCc2ccccc2F)c1. The van der Waals surface area contributed by atoms with E-state index in [4.69, 9.17) is 0 Å². The Morgan fingerprint density at radius 2 is 2.04 bits per heavy atom. The lowest BCUT2D eigenvalue weighted by Gasteiger charge is -2.07. The molecule has 1 N–H and O–H groups in total. The summed E-state index contributed by atoms with van der Waals surface area (Å²) < 4.78 is 15.1. The van der Waals surface area contributed by atoms with E-state index >= 15 is 0 Å². The highest BCUT2D eigenvalue weighted by Crippen LogP contribution is 2.16. The minimum atomic E-state index is -0.261. The molecule has 3 aromatic rings. The van der Waals surface area contributed by atoms with Crippen molar-refractivity contribution in [2.24, 2.45) is 7.05 Å². The number of aryl methyl sites for hydroxylation is 1. The quantitative estimate of drug-likeness (QED) is 0.778. The van der Waals surface area contributed by atoms with Crippen molar-refractivity contribution in [3.63, 3.8) is 0 Å². The Hall–Kier alpha value is -3.09. The molecule has 0 saturated carbocycles. The number of hydrogen-bond donors (Lipinski definition) is 1. The molecule has 122 valence electrons. The molecule has 1 amide bonds. The summed E-state index contributed by atoms with van der Waals surface area (Å²) in [5.41, 5.74) is 1.84. The first kappa shape index (κ1) is 15.8. The minimum Gasteiger partial charge on any atom is -0.352 e. The Kier molecular flexibility index (Phi) is 4.60. The van der Waals surface area contributed by atoms with Crippen LogP contribution in [0, 0.1) is 5.82 Å². The summed E-state index contributed by atoms with van der Waals surface area (Å²) in [7, 11) is 1.73. The van der Waals surface area contributed by atoms with E-state index in [0.29, 0.717) is 29.9 Å². The molecule has 6 nitrogen and oxygen atoms in total. The fourth-order valence-electron chi connectivity index (χ4n) is 2.39. The zero-order valence-electron chi connectivity index (χ0n) is 13.1. The number of halogens is 1. The lowest BCUT2D eigenvalue weighted by molar-refractivity contribution is 0.0954. The predicted molar refractivity (Wildman–Crippen MR) is 86.7 cm³/mol. The number of nitrogens with zero attached hydrogens (tertiary/aromatic N) is 4. The van der Waals surface area contributed by atoms with Crippen LogP contribution in [0.5, 0.6) is 0 Å². The highest BCUT2D eigenvalue weighted by Gasteiger charge is 2.10. The molecule has 2 aromatic carbocycles. The highest BCUT2D eigenvalue weighted by molar-refractivity contribution is 5.95. The summed E-state index contributed by atoms with van der Waals surface area (Å²) in [6.45, 7) is 0.357. The highest BCUT2D eigenvalue weighted by atomic mass is 19.1. The van der Waals surface area contributed by atoms with Crippen molar-refractivity contribution >= 4 is 5.91 Å². The zero-order chi connectivity index (χ0) is 16.9. The van der Waals surface area contributed by atoms with E-state index < -0.39 is 0 Å². The van der Waals surface area contributed by atoms with Gasteiger partial charge in [-0.25, -0.2) is 9.07 Å². The van der Waals surface area contributed by atoms with Gasteiger partial charge in [-0.15, -0.1) is 5.10 Å². The first-order valence-electron chi connectivity index (χ1n) is 7.49. The van der Waals surface area contributed by atoms with E-state index in [1.165, 1.54) is 10.7 Å². The van der Waals surface area contributed by atoms with Crippen LogP contribution < -0.4 is 5.32 Å². The van der Waals surface area contributed by atoms with Crippen molar-refractivity contribution in [3.05, 3.63) is 65.5 Å². The van der Waals surface area contributed by atoms with E-state index in [9.17, 15) is 9.18 Å². The van der Waals surface area contributed by atoms with E-state index in [1.54, 1.807) is 43.4 Å². The minimum absolute atomic E-state index is 0.219. The van der Waals surface area contributed by atoms with Crippen LogP contribution in [0.1, 0.15) is 15.9 Å². The van der Waals surface area contributed by atoms with Crippen molar-refractivity contribution in [2.75, 3.05) is 6.54 Å². The first-order chi connectivity index (χ1) is 11.6. The largest absolute Gasteiger partial charge is 0.352 e. The van der Waals surface area contributed by atoms with Crippen molar-refractivity contribution in [2.45, 2.75) is 6.42 Å². The summed E-state index contributed by atoms with van der Waals surface area (Å²) in [6.07, 6.45) is 0.436. The van der Waals surface area contributed by atoms with Crippen LogP contribution in [0.3, 0.4) is 0 Å². The normalized spacial score (nSPS) is 10.6. The van der Waals surface area contributed by atoms with Gasteiger partial charge in [-0.05, 0) is 40.6 Å². The number of carbonyl (C=O) groups is 1. The van der Waals surface area contributed by atoms with Crippen LogP contribution in [0.4, 0.5) is 4.39 Å². The predicted octanol–water partition coefficient (Wildman–Crippen LogP) is 1.99. The number of aromatic nitrogens is 4. The third-order valence-electron chi connectivity index (χ3n) is 3.64. The lowest BCUT2D eigenvalue weighted by Crippen LogP contribution is -2.25. The molecule has 1 heterocycles. The van der Waals surface area contributed by atoms with Crippen molar-refractivity contribution < 1.29 is 9.18 Å². The third-order valence-corrected chi connectivity index (χ3v) is 3.64. The number of rotatable bonds is 5. The van der Waals surface area contributed by atoms with Crippen molar-refractivity contribution in [1.82, 2.24) is 25.5 Å². The number of amides is 1. The molecule has 0 saturated heterocycles. The van der Waals surface area contributed by atoms with Crippen LogP contribution in [0.25, 0.3) is 11.4 Å². The Bertz CT molecular complexity index is 861. The third kappa shape index (κ3) is 3.45. The summed E-state index contributed by atoms with van der Waals surface area (Å²) in [5, 5.41) is 14.1. The molecular weight excluding hydrogens is 309 g/mol. The van der Waals surface area contributed by atoms with Gasteiger partial charge in [0.15, 0.2) is 5.82 Å². The molecule has 1 aromatic heterocycles. The number of hydrogen-bond acceptors (Lipinski definition) is 4. The second-order valence-corrected chi connectivity index (χ2v) is 5.30. The Balaban J connectivity index is 1.65. The molecular formula is C17H16FN5O. The van der Waals surface area contributed by atoms with E-state index in [-0.39, 0.29) is 11.7 Å². The van der Waals surface area contributed by atoms with Crippen LogP contribution in [-0.2, 0) is 13.5 Å². The molecule has 0 aliphatic rings. The molecule has 0 aliphatic carbocycles. The smallest absolute Gasteiger partial charge is 0.251 e. The van der Waals surface area contributed by atoms with E-state index in [1.807, 2.05) is 6.07 Å². The van der Waals surface area contributed by atoms with Crippen LogP contribution >= 0.6 is 0 Å². The molecule has 0 radical (unpaired) electrons. The molecule has 3 rings (SSSR count). The summed E-state index contributed by atoms with van der Waals surface area (Å²) in [6, 6.07) is 13.6. The number of nitrogens with one attached hydrogen (secondary N) is 1. The van der Waals surface area contributed by atoms with Gasteiger partial charge in [-0.1, -0.05) is 30.3 Å².